The molecular formula is C16H14ClF3N2O4S. The van der Waals surface area contributed by atoms with E-state index in [2.05, 4.69) is 14.8 Å². The summed E-state index contributed by atoms with van der Waals surface area (Å²) in [6.07, 6.45) is -4.88. The predicted octanol–water partition coefficient (Wildman–Crippen LogP) is 2.83. The number of alkyl halides is 3. The van der Waals surface area contributed by atoms with Crippen LogP contribution >= 0.6 is 11.6 Å². The molecule has 2 rings (SSSR count). The van der Waals surface area contributed by atoms with Gasteiger partial charge in [-0.15, -0.1) is 13.2 Å². The van der Waals surface area contributed by atoms with Gasteiger partial charge in [0.05, 0.1) is 11.4 Å². The minimum Gasteiger partial charge on any atom is -0.406 e. The van der Waals surface area contributed by atoms with Crippen LogP contribution in [0.5, 0.6) is 5.75 Å². The van der Waals surface area contributed by atoms with Crippen molar-refractivity contribution in [2.75, 3.05) is 6.54 Å². The van der Waals surface area contributed by atoms with Crippen LogP contribution in [0, 0.1) is 0 Å². The summed E-state index contributed by atoms with van der Waals surface area (Å²) < 4.78 is 66.2. The van der Waals surface area contributed by atoms with Gasteiger partial charge in [-0.25, -0.2) is 13.1 Å². The van der Waals surface area contributed by atoms with Gasteiger partial charge in [-0.2, -0.15) is 0 Å². The van der Waals surface area contributed by atoms with Crippen molar-refractivity contribution in [2.45, 2.75) is 17.8 Å². The molecule has 2 N–H and O–H groups in total. The molecule has 2 aromatic carbocycles. The van der Waals surface area contributed by atoms with E-state index in [4.69, 9.17) is 11.6 Å². The van der Waals surface area contributed by atoms with Crippen LogP contribution in [0.25, 0.3) is 0 Å². The Labute approximate surface area is 158 Å². The van der Waals surface area contributed by atoms with E-state index in [1.165, 1.54) is 0 Å². The van der Waals surface area contributed by atoms with Gasteiger partial charge in [0, 0.05) is 11.6 Å². The van der Waals surface area contributed by atoms with Crippen molar-refractivity contribution in [3.63, 3.8) is 0 Å². The minimum absolute atomic E-state index is 0.157. The standard InChI is InChI=1S/C16H14ClF3N2O4S/c17-12-3-1-2-11(8-12)9-21-15(23)10-22-27(24,25)14-6-4-13(5-7-14)26-16(18,19)20/h1-8,22H,9-10H2,(H,21,23). The fourth-order valence-corrected chi connectivity index (χ4v) is 3.17. The highest BCUT2D eigenvalue weighted by Gasteiger charge is 2.31. The predicted molar refractivity (Wildman–Crippen MR) is 91.6 cm³/mol. The van der Waals surface area contributed by atoms with E-state index in [-0.39, 0.29) is 11.4 Å². The van der Waals surface area contributed by atoms with Crippen LogP contribution in [0.2, 0.25) is 5.02 Å². The van der Waals surface area contributed by atoms with Crippen LogP contribution in [0.15, 0.2) is 53.4 Å². The highest BCUT2D eigenvalue weighted by atomic mass is 35.5. The summed E-state index contributed by atoms with van der Waals surface area (Å²) in [5.74, 6) is -1.14. The summed E-state index contributed by atoms with van der Waals surface area (Å²) in [6, 6.07) is 10.4. The van der Waals surface area contributed by atoms with Crippen LogP contribution in [0.3, 0.4) is 0 Å². The fraction of sp³-hybridized carbons (Fsp3) is 0.188. The summed E-state index contributed by atoms with van der Waals surface area (Å²) >= 11 is 5.82. The van der Waals surface area contributed by atoms with Gasteiger partial charge in [0.1, 0.15) is 5.75 Å². The number of halogens is 4. The Hall–Kier alpha value is -2.30. The number of hydrogen-bond donors (Lipinski definition) is 2. The Kier molecular flexibility index (Phi) is 6.68. The number of hydrogen-bond acceptors (Lipinski definition) is 4. The van der Waals surface area contributed by atoms with Crippen molar-refractivity contribution in [1.29, 1.82) is 0 Å². The maximum atomic E-state index is 12.1. The molecule has 27 heavy (non-hydrogen) atoms. The molecule has 11 heteroatoms. The van der Waals surface area contributed by atoms with Gasteiger partial charge < -0.3 is 10.1 Å². The van der Waals surface area contributed by atoms with Crippen LogP contribution in [-0.2, 0) is 21.4 Å². The van der Waals surface area contributed by atoms with E-state index in [1.807, 2.05) is 0 Å². The lowest BCUT2D eigenvalue weighted by Gasteiger charge is -2.10. The lowest BCUT2D eigenvalue weighted by molar-refractivity contribution is -0.274. The van der Waals surface area contributed by atoms with E-state index in [0.29, 0.717) is 5.02 Å². The van der Waals surface area contributed by atoms with E-state index < -0.39 is 34.6 Å². The van der Waals surface area contributed by atoms with Crippen LogP contribution in [-0.4, -0.2) is 27.2 Å². The van der Waals surface area contributed by atoms with E-state index in [0.717, 1.165) is 29.8 Å². The molecule has 0 radical (unpaired) electrons. The fourth-order valence-electron chi connectivity index (χ4n) is 1.97. The quantitative estimate of drug-likeness (QED) is 0.718. The van der Waals surface area contributed by atoms with Gasteiger partial charge in [0.25, 0.3) is 0 Å². The first-order valence-corrected chi connectivity index (χ1v) is 9.28. The normalized spacial score (nSPS) is 11.9. The molecule has 146 valence electrons. The smallest absolute Gasteiger partial charge is 0.406 e. The molecule has 0 heterocycles. The Morgan fingerprint density at radius 3 is 2.37 bits per heavy atom. The molecule has 0 aliphatic rings. The lowest BCUT2D eigenvalue weighted by atomic mass is 10.2. The zero-order valence-corrected chi connectivity index (χ0v) is 15.2. The number of rotatable bonds is 7. The van der Waals surface area contributed by atoms with Gasteiger partial charge in [-0.3, -0.25) is 4.79 Å². The molecule has 0 aromatic heterocycles. The second kappa shape index (κ2) is 8.59. The van der Waals surface area contributed by atoms with E-state index in [1.54, 1.807) is 24.3 Å². The highest BCUT2D eigenvalue weighted by molar-refractivity contribution is 7.89. The van der Waals surface area contributed by atoms with Crippen molar-refractivity contribution in [3.8, 4) is 5.75 Å². The summed E-state index contributed by atoms with van der Waals surface area (Å²) in [5.41, 5.74) is 0.735. The Bertz CT molecular complexity index is 903. The van der Waals surface area contributed by atoms with Gasteiger partial charge in [-0.1, -0.05) is 23.7 Å². The minimum atomic E-state index is -4.88. The third-order valence-corrected chi connectivity index (χ3v) is 4.82. The molecule has 0 aliphatic heterocycles. The molecule has 0 bridgehead atoms. The van der Waals surface area contributed by atoms with Crippen molar-refractivity contribution in [1.82, 2.24) is 10.0 Å². The molecule has 2 aromatic rings. The van der Waals surface area contributed by atoms with Crippen LogP contribution < -0.4 is 14.8 Å². The first kappa shape index (κ1) is 21.0. The Morgan fingerprint density at radius 1 is 1.11 bits per heavy atom. The Morgan fingerprint density at radius 2 is 1.78 bits per heavy atom. The number of benzene rings is 2. The number of carbonyl (C=O) groups is 1. The molecule has 6 nitrogen and oxygen atoms in total. The van der Waals surface area contributed by atoms with Gasteiger partial charge in [-0.05, 0) is 42.0 Å². The maximum Gasteiger partial charge on any atom is 0.573 e. The largest absolute Gasteiger partial charge is 0.573 e. The summed E-state index contributed by atoms with van der Waals surface area (Å²) in [5, 5.41) is 3.02. The third-order valence-electron chi connectivity index (χ3n) is 3.17. The molecule has 0 aliphatic carbocycles. The van der Waals surface area contributed by atoms with E-state index in [9.17, 15) is 26.4 Å². The zero-order valence-electron chi connectivity index (χ0n) is 13.6. The van der Waals surface area contributed by atoms with Gasteiger partial charge >= 0.3 is 6.36 Å². The molecule has 0 saturated heterocycles. The SMILES string of the molecule is O=C(CNS(=O)(=O)c1ccc(OC(F)(F)F)cc1)NCc1cccc(Cl)c1. The number of sulfonamides is 1. The lowest BCUT2D eigenvalue weighted by Crippen LogP contribution is -2.36. The number of nitrogens with one attached hydrogen (secondary N) is 2. The summed E-state index contributed by atoms with van der Waals surface area (Å²) in [4.78, 5) is 11.5. The first-order valence-electron chi connectivity index (χ1n) is 7.42. The van der Waals surface area contributed by atoms with Crippen molar-refractivity contribution < 1.29 is 31.1 Å². The molecular weight excluding hydrogens is 409 g/mol. The van der Waals surface area contributed by atoms with E-state index >= 15 is 0 Å². The average Bonchev–Trinajstić information content (AvgIpc) is 2.57. The number of carbonyl (C=O) groups excluding carboxylic acids is 1. The van der Waals surface area contributed by atoms with Crippen LogP contribution in [0.1, 0.15) is 5.56 Å². The monoisotopic (exact) mass is 422 g/mol. The summed E-state index contributed by atoms with van der Waals surface area (Å²) in [7, 11) is -4.07. The molecule has 0 saturated carbocycles. The van der Waals surface area contributed by atoms with Crippen molar-refractivity contribution in [2.24, 2.45) is 0 Å². The highest BCUT2D eigenvalue weighted by Crippen LogP contribution is 2.23. The third kappa shape index (κ3) is 7.08. The average molecular weight is 423 g/mol. The maximum absolute atomic E-state index is 12.1. The van der Waals surface area contributed by atoms with Crippen molar-refractivity contribution >= 4 is 27.5 Å². The van der Waals surface area contributed by atoms with Crippen molar-refractivity contribution in [3.05, 3.63) is 59.1 Å². The second-order valence-corrected chi connectivity index (χ2v) is 7.45. The zero-order chi connectivity index (χ0) is 20.1. The first-order chi connectivity index (χ1) is 12.5. The summed E-state index contributed by atoms with van der Waals surface area (Å²) in [6.45, 7) is -0.381. The molecule has 1 amide bonds. The molecule has 0 atom stereocenters. The molecule has 0 spiro atoms. The molecule has 0 fully saturated rings. The van der Waals surface area contributed by atoms with Gasteiger partial charge in [0.15, 0.2) is 0 Å². The number of amides is 1. The second-order valence-electron chi connectivity index (χ2n) is 5.25. The molecule has 0 unspecified atom stereocenters. The Balaban J connectivity index is 1.89. The topological polar surface area (TPSA) is 84.5 Å². The number of ether oxygens (including phenoxy) is 1. The van der Waals surface area contributed by atoms with Gasteiger partial charge in [0.2, 0.25) is 15.9 Å². The van der Waals surface area contributed by atoms with Crippen LogP contribution in [0.4, 0.5) is 13.2 Å².